The van der Waals surface area contributed by atoms with Crippen LogP contribution in [0.3, 0.4) is 0 Å². The third-order valence-corrected chi connectivity index (χ3v) is 9.71. The van der Waals surface area contributed by atoms with E-state index in [1.54, 1.807) is 23.5 Å². The van der Waals surface area contributed by atoms with Crippen LogP contribution in [0.4, 0.5) is 10.8 Å². The Labute approximate surface area is 209 Å². The summed E-state index contributed by atoms with van der Waals surface area (Å²) in [7, 11) is 0. The number of hydrogen-bond donors (Lipinski definition) is 3. The number of thiazole rings is 1. The van der Waals surface area contributed by atoms with Gasteiger partial charge in [-0.05, 0) is 61.5 Å². The van der Waals surface area contributed by atoms with Crippen LogP contribution in [0.15, 0.2) is 18.2 Å². The first-order chi connectivity index (χ1) is 15.7. The molecule has 5 nitrogen and oxygen atoms in total. The molecule has 1 aromatic carbocycles. The van der Waals surface area contributed by atoms with Crippen LogP contribution in [-0.2, 0) is 11.2 Å². The van der Waals surface area contributed by atoms with E-state index in [-0.39, 0.29) is 35.0 Å². The molecule has 2 aromatic rings. The minimum absolute atomic E-state index is 0.0130. The van der Waals surface area contributed by atoms with Gasteiger partial charge in [0.05, 0.1) is 27.5 Å². The maximum atomic E-state index is 12.7. The number of amides is 1. The number of rotatable bonds is 5. The van der Waals surface area contributed by atoms with Crippen molar-refractivity contribution in [3.05, 3.63) is 38.8 Å². The Morgan fingerprint density at radius 2 is 1.97 bits per heavy atom. The number of carbonyl (C=O) groups excluding carboxylic acids is 1. The summed E-state index contributed by atoms with van der Waals surface area (Å²) >= 11 is 14.3. The van der Waals surface area contributed by atoms with Gasteiger partial charge in [-0.1, -0.05) is 50.0 Å². The third-order valence-electron chi connectivity index (χ3n) is 8.10. The van der Waals surface area contributed by atoms with Crippen molar-refractivity contribution < 1.29 is 9.90 Å². The maximum Gasteiger partial charge on any atom is 0.223 e. The highest BCUT2D eigenvalue weighted by atomic mass is 35.5. The van der Waals surface area contributed by atoms with E-state index in [2.05, 4.69) is 24.5 Å². The zero-order valence-electron chi connectivity index (χ0n) is 19.2. The van der Waals surface area contributed by atoms with Gasteiger partial charge in [-0.2, -0.15) is 0 Å². The van der Waals surface area contributed by atoms with Crippen LogP contribution in [0.25, 0.3) is 0 Å². The molecule has 5 rings (SSSR count). The Balaban J connectivity index is 1.39. The van der Waals surface area contributed by atoms with Crippen LogP contribution >= 0.6 is 34.5 Å². The highest BCUT2D eigenvalue weighted by Gasteiger charge is 2.54. The molecule has 6 atom stereocenters. The van der Waals surface area contributed by atoms with Gasteiger partial charge in [0.15, 0.2) is 5.13 Å². The lowest BCUT2D eigenvalue weighted by molar-refractivity contribution is -0.134. The number of nitrogens with one attached hydrogen (secondary N) is 2. The highest BCUT2D eigenvalue weighted by Crippen LogP contribution is 2.57. The van der Waals surface area contributed by atoms with E-state index < -0.39 is 6.10 Å². The molecule has 3 aliphatic rings. The molecule has 2 saturated carbocycles. The van der Waals surface area contributed by atoms with Crippen molar-refractivity contribution in [2.24, 2.45) is 23.2 Å². The number of aromatic nitrogens is 1. The van der Waals surface area contributed by atoms with Crippen LogP contribution in [-0.4, -0.2) is 28.1 Å². The molecule has 1 heterocycles. The lowest BCUT2D eigenvalue weighted by atomic mass is 9.53. The number of aliphatic hydroxyl groups is 1. The van der Waals surface area contributed by atoms with E-state index in [1.807, 2.05) is 13.0 Å². The molecule has 0 radical (unpaired) electrons. The molecule has 3 N–H and O–H groups in total. The number of aliphatic hydroxyl groups excluding tert-OH is 1. The number of para-hydroxylation sites is 1. The van der Waals surface area contributed by atoms with Crippen LogP contribution in [0.5, 0.6) is 0 Å². The number of anilines is 2. The fourth-order valence-electron chi connectivity index (χ4n) is 6.08. The minimum Gasteiger partial charge on any atom is -0.392 e. The van der Waals surface area contributed by atoms with Crippen molar-refractivity contribution >= 4 is 51.3 Å². The topological polar surface area (TPSA) is 74.2 Å². The Bertz CT molecular complexity index is 1050. The molecule has 2 fully saturated rings. The van der Waals surface area contributed by atoms with Crippen molar-refractivity contribution in [1.82, 2.24) is 10.3 Å². The Kier molecular flexibility index (Phi) is 6.17. The van der Waals surface area contributed by atoms with Crippen molar-refractivity contribution in [1.29, 1.82) is 0 Å². The van der Waals surface area contributed by atoms with Crippen LogP contribution in [0.2, 0.25) is 10.0 Å². The molecule has 3 aliphatic carbocycles. The van der Waals surface area contributed by atoms with Gasteiger partial charge in [-0.3, -0.25) is 4.79 Å². The lowest BCUT2D eigenvalue weighted by Gasteiger charge is -2.53. The number of carbonyl (C=O) groups is 1. The van der Waals surface area contributed by atoms with Gasteiger partial charge < -0.3 is 15.7 Å². The molecule has 178 valence electrons. The van der Waals surface area contributed by atoms with Gasteiger partial charge in [0, 0.05) is 22.8 Å². The average molecular weight is 509 g/mol. The molecule has 33 heavy (non-hydrogen) atoms. The van der Waals surface area contributed by atoms with Gasteiger partial charge in [0.2, 0.25) is 5.91 Å². The van der Waals surface area contributed by atoms with Gasteiger partial charge in [-0.25, -0.2) is 4.98 Å². The van der Waals surface area contributed by atoms with Gasteiger partial charge in [0.25, 0.3) is 0 Å². The second-order valence-corrected chi connectivity index (χ2v) is 12.4. The van der Waals surface area contributed by atoms with Crippen molar-refractivity contribution in [2.45, 2.75) is 70.9 Å². The van der Waals surface area contributed by atoms with E-state index in [0.717, 1.165) is 42.9 Å². The number of benzene rings is 1. The van der Waals surface area contributed by atoms with Crippen LogP contribution < -0.4 is 10.6 Å². The normalized spacial score (nSPS) is 31.9. The largest absolute Gasteiger partial charge is 0.392 e. The van der Waals surface area contributed by atoms with E-state index >= 15 is 0 Å². The molecule has 0 spiro atoms. The number of hydrogen-bond acceptors (Lipinski definition) is 5. The smallest absolute Gasteiger partial charge is 0.223 e. The summed E-state index contributed by atoms with van der Waals surface area (Å²) in [6.45, 7) is 6.45. The molecule has 6 unspecified atom stereocenters. The van der Waals surface area contributed by atoms with Gasteiger partial charge in [0.1, 0.15) is 0 Å². The van der Waals surface area contributed by atoms with E-state index in [4.69, 9.17) is 28.2 Å². The Morgan fingerprint density at radius 3 is 2.64 bits per heavy atom. The predicted octanol–water partition coefficient (Wildman–Crippen LogP) is 6.16. The minimum atomic E-state index is -0.525. The van der Waals surface area contributed by atoms with Crippen molar-refractivity contribution in [3.63, 3.8) is 0 Å². The predicted molar refractivity (Wildman–Crippen MR) is 135 cm³/mol. The summed E-state index contributed by atoms with van der Waals surface area (Å²) in [5.74, 6) is 0.0476. The van der Waals surface area contributed by atoms with Crippen LogP contribution in [0.1, 0.15) is 62.9 Å². The first kappa shape index (κ1) is 23.4. The Hall–Kier alpha value is -1.34. The first-order valence-corrected chi connectivity index (χ1v) is 13.4. The van der Waals surface area contributed by atoms with Crippen LogP contribution in [0, 0.1) is 23.2 Å². The number of nitrogens with zero attached hydrogens (tertiary/aromatic N) is 1. The first-order valence-electron chi connectivity index (χ1n) is 11.9. The SMILES string of the molecule is CC(C(=O)NC1CC1)C1CCC2(C)Cc3sc(Nc4c(Cl)cccc4Cl)nc3C(C)C2C1O. The summed E-state index contributed by atoms with van der Waals surface area (Å²) < 4.78 is 0. The molecule has 8 heteroatoms. The third kappa shape index (κ3) is 4.29. The van der Waals surface area contributed by atoms with E-state index in [1.165, 1.54) is 4.88 Å². The second-order valence-electron chi connectivity index (χ2n) is 10.5. The number of fused-ring (bicyclic) bond motifs is 2. The molecule has 0 bridgehead atoms. The van der Waals surface area contributed by atoms with Gasteiger partial charge in [-0.15, -0.1) is 11.3 Å². The summed E-state index contributed by atoms with van der Waals surface area (Å²) in [6, 6.07) is 5.77. The molecule has 0 saturated heterocycles. The summed E-state index contributed by atoms with van der Waals surface area (Å²) in [6.07, 6.45) is 4.38. The number of halogens is 2. The average Bonchev–Trinajstić information content (AvgIpc) is 3.47. The zero-order chi connectivity index (χ0) is 23.5. The lowest BCUT2D eigenvalue weighted by Crippen LogP contribution is -2.53. The molecular formula is C25H31Cl2N3O2S. The maximum absolute atomic E-state index is 12.7. The quantitative estimate of drug-likeness (QED) is 0.452. The fraction of sp³-hybridized carbons (Fsp3) is 0.600. The van der Waals surface area contributed by atoms with E-state index in [0.29, 0.717) is 21.8 Å². The fourth-order valence-corrected chi connectivity index (χ4v) is 7.84. The summed E-state index contributed by atoms with van der Waals surface area (Å²) in [5, 5.41) is 19.9. The molecule has 1 amide bonds. The van der Waals surface area contributed by atoms with Crippen molar-refractivity contribution in [2.75, 3.05) is 5.32 Å². The molecule has 0 aliphatic heterocycles. The molecular weight excluding hydrogens is 477 g/mol. The van der Waals surface area contributed by atoms with E-state index in [9.17, 15) is 9.90 Å². The second kappa shape index (κ2) is 8.71. The van der Waals surface area contributed by atoms with Gasteiger partial charge >= 0.3 is 0 Å². The zero-order valence-corrected chi connectivity index (χ0v) is 21.5. The monoisotopic (exact) mass is 507 g/mol. The summed E-state index contributed by atoms with van der Waals surface area (Å²) in [5.41, 5.74) is 1.70. The van der Waals surface area contributed by atoms with Crippen molar-refractivity contribution in [3.8, 4) is 0 Å². The Morgan fingerprint density at radius 1 is 1.27 bits per heavy atom. The standard InChI is InChI=1S/C25H31Cl2N3O2S/c1-12(23(32)28-14-7-8-14)15-9-10-25(3)11-18-20(13(2)19(25)22(15)31)29-24(33-18)30-21-16(26)5-4-6-17(21)27/h4-6,12-15,19,22,31H,7-11H2,1-3H3,(H,28,32)(H,29,30). The highest BCUT2D eigenvalue weighted by molar-refractivity contribution is 7.15. The summed E-state index contributed by atoms with van der Waals surface area (Å²) in [4.78, 5) is 18.9. The molecule has 1 aromatic heterocycles.